The van der Waals surface area contributed by atoms with Crippen LogP contribution < -0.4 is 0 Å². The van der Waals surface area contributed by atoms with Crippen molar-refractivity contribution in [2.75, 3.05) is 0 Å². The van der Waals surface area contributed by atoms with Crippen molar-refractivity contribution in [3.8, 4) is 0 Å². The molecule has 0 saturated heterocycles. The van der Waals surface area contributed by atoms with Gasteiger partial charge in [0, 0.05) is 0 Å². The van der Waals surface area contributed by atoms with Gasteiger partial charge in [-0.1, -0.05) is 76.1 Å². The zero-order valence-corrected chi connectivity index (χ0v) is 12.9. The molecule has 0 fully saturated rings. The van der Waals surface area contributed by atoms with Crippen LogP contribution >= 0.6 is 0 Å². The van der Waals surface area contributed by atoms with Crippen molar-refractivity contribution in [2.45, 2.75) is 66.2 Å². The van der Waals surface area contributed by atoms with Gasteiger partial charge in [-0.05, 0) is 32.1 Å². The largest absolute Gasteiger partial charge is 0.103 e. The van der Waals surface area contributed by atoms with Gasteiger partial charge in [-0.15, -0.1) is 6.58 Å². The summed E-state index contributed by atoms with van der Waals surface area (Å²) in [7, 11) is 0. The third kappa shape index (κ3) is 13.0. The molecule has 0 amide bonds. The average molecular weight is 248 g/mol. The Kier molecular flexibility index (Phi) is 19.7. The summed E-state index contributed by atoms with van der Waals surface area (Å²) < 4.78 is 0. The molecule has 0 N–H and O–H groups in total. The number of hydrogen-bond donors (Lipinski definition) is 0. The van der Waals surface area contributed by atoms with Crippen molar-refractivity contribution < 1.29 is 0 Å². The second-order valence-corrected chi connectivity index (χ2v) is 3.73. The Bertz CT molecular complexity index is 241. The minimum atomic E-state index is 1.13. The first-order chi connectivity index (χ1) is 8.93. The van der Waals surface area contributed by atoms with Gasteiger partial charge in [-0.25, -0.2) is 0 Å². The molecule has 0 bridgehead atoms. The fourth-order valence-corrected chi connectivity index (χ4v) is 1.62. The Morgan fingerprint density at radius 3 is 2.39 bits per heavy atom. The number of unbranched alkanes of at least 4 members (excludes halogenated alkanes) is 3. The summed E-state index contributed by atoms with van der Waals surface area (Å²) in [5.41, 5.74) is 1.56. The third-order valence-electron chi connectivity index (χ3n) is 2.48. The van der Waals surface area contributed by atoms with Crippen LogP contribution in [0.4, 0.5) is 0 Å². The highest BCUT2D eigenvalue weighted by molar-refractivity contribution is 5.23. The Morgan fingerprint density at radius 1 is 1.00 bits per heavy atom. The van der Waals surface area contributed by atoms with E-state index in [-0.39, 0.29) is 0 Å². The molecule has 0 saturated carbocycles. The van der Waals surface area contributed by atoms with Gasteiger partial charge in [0.05, 0.1) is 0 Å². The minimum absolute atomic E-state index is 1.13. The Morgan fingerprint density at radius 2 is 1.72 bits per heavy atom. The molecule has 0 aromatic heterocycles. The van der Waals surface area contributed by atoms with Crippen LogP contribution in [0.3, 0.4) is 0 Å². The molecule has 18 heavy (non-hydrogen) atoms. The molecule has 104 valence electrons. The van der Waals surface area contributed by atoms with Gasteiger partial charge < -0.3 is 0 Å². The van der Waals surface area contributed by atoms with E-state index < -0.39 is 0 Å². The van der Waals surface area contributed by atoms with Crippen LogP contribution in [0.5, 0.6) is 0 Å². The lowest BCUT2D eigenvalue weighted by Gasteiger charge is -2.02. The van der Waals surface area contributed by atoms with E-state index in [4.69, 9.17) is 0 Å². The van der Waals surface area contributed by atoms with Gasteiger partial charge in [0.25, 0.3) is 0 Å². The van der Waals surface area contributed by atoms with Crippen LogP contribution in [-0.4, -0.2) is 0 Å². The van der Waals surface area contributed by atoms with E-state index in [0.717, 1.165) is 6.42 Å². The molecule has 1 aliphatic rings. The molecule has 0 aliphatic heterocycles. The van der Waals surface area contributed by atoms with E-state index >= 15 is 0 Å². The maximum Gasteiger partial charge on any atom is -0.0133 e. The standard InChI is InChI=1S/C14H20.2C2H6/c1-2-3-4-5-8-11-14-12-9-6-7-10-13-14;2*1-2/h2,6-7,9-10,12H,1,3-5,8,11,13H2;2*1-2H3. The van der Waals surface area contributed by atoms with E-state index in [9.17, 15) is 0 Å². The van der Waals surface area contributed by atoms with E-state index in [0.29, 0.717) is 0 Å². The first-order valence-electron chi connectivity index (χ1n) is 7.55. The molecule has 1 aliphatic carbocycles. The Hall–Kier alpha value is -1.04. The summed E-state index contributed by atoms with van der Waals surface area (Å²) >= 11 is 0. The number of rotatable bonds is 6. The highest BCUT2D eigenvalue weighted by Gasteiger charge is 1.96. The quantitative estimate of drug-likeness (QED) is 0.366. The van der Waals surface area contributed by atoms with Gasteiger partial charge in [0.15, 0.2) is 0 Å². The molecule has 0 heterocycles. The van der Waals surface area contributed by atoms with Gasteiger partial charge in [-0.2, -0.15) is 0 Å². The van der Waals surface area contributed by atoms with Crippen LogP contribution in [0.15, 0.2) is 48.6 Å². The summed E-state index contributed by atoms with van der Waals surface area (Å²) in [6.45, 7) is 11.7. The SMILES string of the molecule is C=CCCCCCC1=CC=CC=CC1.CC.CC. The maximum atomic E-state index is 3.73. The van der Waals surface area contributed by atoms with Gasteiger partial charge in [-0.3, -0.25) is 0 Å². The lowest BCUT2D eigenvalue weighted by atomic mass is 10.0. The number of hydrogen-bond acceptors (Lipinski definition) is 0. The molecule has 0 radical (unpaired) electrons. The zero-order chi connectivity index (χ0) is 14.1. The van der Waals surface area contributed by atoms with Crippen molar-refractivity contribution >= 4 is 0 Å². The molecule has 0 nitrogen and oxygen atoms in total. The smallest absolute Gasteiger partial charge is 0.0133 e. The fraction of sp³-hybridized carbons (Fsp3) is 0.556. The topological polar surface area (TPSA) is 0 Å². The summed E-state index contributed by atoms with van der Waals surface area (Å²) in [5, 5.41) is 0. The molecule has 0 heteroatoms. The maximum absolute atomic E-state index is 3.73. The fourth-order valence-electron chi connectivity index (χ4n) is 1.62. The lowest BCUT2D eigenvalue weighted by molar-refractivity contribution is 0.679. The van der Waals surface area contributed by atoms with Crippen LogP contribution in [-0.2, 0) is 0 Å². The second-order valence-electron chi connectivity index (χ2n) is 3.73. The van der Waals surface area contributed by atoms with Gasteiger partial charge in [0.1, 0.15) is 0 Å². The van der Waals surface area contributed by atoms with E-state index in [1.165, 1.54) is 32.1 Å². The van der Waals surface area contributed by atoms with E-state index in [2.05, 4.69) is 37.0 Å². The Balaban J connectivity index is 0. The Labute approximate surface area is 115 Å². The molecule has 0 atom stereocenters. The highest BCUT2D eigenvalue weighted by Crippen LogP contribution is 2.15. The summed E-state index contributed by atoms with van der Waals surface area (Å²) in [5.74, 6) is 0. The molecule has 1 rings (SSSR count). The first-order valence-corrected chi connectivity index (χ1v) is 7.55. The van der Waals surface area contributed by atoms with Crippen LogP contribution in [0.25, 0.3) is 0 Å². The molecule has 0 aromatic rings. The molecule has 0 aromatic carbocycles. The first kappa shape index (κ1) is 19.3. The van der Waals surface area contributed by atoms with Crippen molar-refractivity contribution in [2.24, 2.45) is 0 Å². The molecular weight excluding hydrogens is 216 g/mol. The number of allylic oxidation sites excluding steroid dienone is 7. The molecular formula is C18H32. The zero-order valence-electron chi connectivity index (χ0n) is 12.9. The lowest BCUT2D eigenvalue weighted by Crippen LogP contribution is -1.83. The van der Waals surface area contributed by atoms with Crippen molar-refractivity contribution in [3.05, 3.63) is 48.6 Å². The van der Waals surface area contributed by atoms with Crippen molar-refractivity contribution in [1.29, 1.82) is 0 Å². The average Bonchev–Trinajstić information content (AvgIpc) is 2.72. The van der Waals surface area contributed by atoms with Crippen LogP contribution in [0, 0.1) is 0 Å². The highest BCUT2D eigenvalue weighted by atomic mass is 14.0. The van der Waals surface area contributed by atoms with Crippen molar-refractivity contribution in [3.63, 3.8) is 0 Å². The minimum Gasteiger partial charge on any atom is -0.103 e. The molecule has 0 spiro atoms. The third-order valence-corrected chi connectivity index (χ3v) is 2.48. The normalized spacial score (nSPS) is 12.3. The summed E-state index contributed by atoms with van der Waals surface area (Å²) in [4.78, 5) is 0. The van der Waals surface area contributed by atoms with Gasteiger partial charge >= 0.3 is 0 Å². The van der Waals surface area contributed by atoms with Crippen LogP contribution in [0.1, 0.15) is 66.2 Å². The van der Waals surface area contributed by atoms with Crippen molar-refractivity contribution in [1.82, 2.24) is 0 Å². The second kappa shape index (κ2) is 18.3. The monoisotopic (exact) mass is 248 g/mol. The predicted octanol–water partition coefficient (Wildman–Crippen LogP) is 6.62. The van der Waals surface area contributed by atoms with Gasteiger partial charge in [0.2, 0.25) is 0 Å². The molecule has 0 unspecified atom stereocenters. The van der Waals surface area contributed by atoms with E-state index in [1.807, 2.05) is 33.8 Å². The summed E-state index contributed by atoms with van der Waals surface area (Å²) in [6, 6.07) is 0. The van der Waals surface area contributed by atoms with Crippen LogP contribution in [0.2, 0.25) is 0 Å². The summed E-state index contributed by atoms with van der Waals surface area (Å²) in [6.07, 6.45) is 20.4. The predicted molar refractivity (Wildman–Crippen MR) is 87.0 cm³/mol. The van der Waals surface area contributed by atoms with E-state index in [1.54, 1.807) is 5.57 Å².